The zero-order valence-corrected chi connectivity index (χ0v) is 30.5. The molecule has 1 aliphatic carbocycles. The second kappa shape index (κ2) is 11.6. The zero-order chi connectivity index (χ0) is 36.1. The largest absolute Gasteiger partial charge is 0.292 e. The van der Waals surface area contributed by atoms with Crippen molar-refractivity contribution in [3.05, 3.63) is 210 Å². The van der Waals surface area contributed by atoms with E-state index < -0.39 is 5.41 Å². The first-order valence-electron chi connectivity index (χ1n) is 18.7. The van der Waals surface area contributed by atoms with Gasteiger partial charge in [-0.25, -0.2) is 9.97 Å². The van der Waals surface area contributed by atoms with Crippen LogP contribution < -0.4 is 0 Å². The van der Waals surface area contributed by atoms with Crippen LogP contribution in [0.3, 0.4) is 0 Å². The second-order valence-electron chi connectivity index (χ2n) is 14.5. The van der Waals surface area contributed by atoms with E-state index in [9.17, 15) is 0 Å². The summed E-state index contributed by atoms with van der Waals surface area (Å²) >= 11 is 1.71. The summed E-state index contributed by atoms with van der Waals surface area (Å²) < 4.78 is 3.54. The molecule has 0 unspecified atom stereocenters. The van der Waals surface area contributed by atoms with Crippen LogP contribution in [0.5, 0.6) is 0 Å². The van der Waals surface area contributed by atoms with Crippen LogP contribution in [0.2, 0.25) is 0 Å². The van der Waals surface area contributed by atoms with E-state index in [1.54, 1.807) is 11.3 Å². The molecule has 1 aliphatic rings. The molecule has 0 spiro atoms. The minimum atomic E-state index is -0.525. The number of nitrogens with zero attached hydrogens (tertiary/aromatic N) is 3. The first-order chi connectivity index (χ1) is 27.3. The summed E-state index contributed by atoms with van der Waals surface area (Å²) in [6.45, 7) is 0. The Morgan fingerprint density at radius 2 is 1.09 bits per heavy atom. The first kappa shape index (κ1) is 30.6. The highest BCUT2D eigenvalue weighted by Crippen LogP contribution is 2.57. The van der Waals surface area contributed by atoms with Crippen LogP contribution in [0.4, 0.5) is 0 Å². The minimum Gasteiger partial charge on any atom is -0.292 e. The van der Waals surface area contributed by atoms with Crippen molar-refractivity contribution >= 4 is 64.3 Å². The molecular formula is C51H31N3S. The van der Waals surface area contributed by atoms with Gasteiger partial charge in [-0.15, -0.1) is 11.3 Å². The van der Waals surface area contributed by atoms with Gasteiger partial charge in [0.15, 0.2) is 5.82 Å². The van der Waals surface area contributed by atoms with Gasteiger partial charge in [-0.05, 0) is 74.5 Å². The lowest BCUT2D eigenvalue weighted by molar-refractivity contribution is 0.768. The van der Waals surface area contributed by atoms with Crippen molar-refractivity contribution in [1.82, 2.24) is 14.5 Å². The van der Waals surface area contributed by atoms with Gasteiger partial charge in [0, 0.05) is 26.4 Å². The molecule has 0 saturated heterocycles. The molecule has 55 heavy (non-hydrogen) atoms. The van der Waals surface area contributed by atoms with Crippen molar-refractivity contribution < 1.29 is 0 Å². The number of hydrogen-bond acceptors (Lipinski definition) is 3. The maximum absolute atomic E-state index is 5.66. The van der Waals surface area contributed by atoms with Gasteiger partial charge < -0.3 is 0 Å². The molecule has 8 aromatic carbocycles. The lowest BCUT2D eigenvalue weighted by Crippen LogP contribution is -2.28. The molecular weight excluding hydrogens is 687 g/mol. The summed E-state index contributed by atoms with van der Waals surface area (Å²) in [6.07, 6.45) is 0. The van der Waals surface area contributed by atoms with Crippen LogP contribution in [0, 0.1) is 0 Å². The van der Waals surface area contributed by atoms with Gasteiger partial charge in [-0.2, -0.15) is 0 Å². The van der Waals surface area contributed by atoms with E-state index in [0.29, 0.717) is 0 Å². The van der Waals surface area contributed by atoms with Crippen molar-refractivity contribution in [2.75, 3.05) is 0 Å². The van der Waals surface area contributed by atoms with Crippen LogP contribution in [-0.4, -0.2) is 14.5 Å². The SMILES string of the molecule is c1ccc(C2(c3ccccc3)c3ccccc3-c3ccc(-c4nc5c(nc4-n4c6ccccc6c6cc7ccccc7cc64)sc4ccccc45)cc32)cc1. The topological polar surface area (TPSA) is 30.7 Å². The molecule has 12 rings (SSSR count). The minimum absolute atomic E-state index is 0.525. The van der Waals surface area contributed by atoms with Crippen molar-refractivity contribution in [3.8, 4) is 28.2 Å². The fourth-order valence-corrected chi connectivity index (χ4v) is 10.4. The maximum atomic E-state index is 5.66. The monoisotopic (exact) mass is 717 g/mol. The number of thiophene rings is 1. The highest BCUT2D eigenvalue weighted by molar-refractivity contribution is 7.25. The fourth-order valence-electron chi connectivity index (χ4n) is 9.34. The van der Waals surface area contributed by atoms with Crippen LogP contribution >= 0.6 is 11.3 Å². The van der Waals surface area contributed by atoms with Crippen LogP contribution in [0.25, 0.3) is 81.2 Å². The first-order valence-corrected chi connectivity index (χ1v) is 19.6. The van der Waals surface area contributed by atoms with Gasteiger partial charge in [0.2, 0.25) is 0 Å². The molecule has 11 aromatic rings. The van der Waals surface area contributed by atoms with Crippen molar-refractivity contribution in [1.29, 1.82) is 0 Å². The summed E-state index contributed by atoms with van der Waals surface area (Å²) in [4.78, 5) is 12.2. The smallest absolute Gasteiger partial charge is 0.166 e. The molecule has 0 radical (unpaired) electrons. The number of para-hydroxylation sites is 1. The lowest BCUT2D eigenvalue weighted by Gasteiger charge is -2.34. The number of rotatable bonds is 4. The van der Waals surface area contributed by atoms with Crippen LogP contribution in [-0.2, 0) is 5.41 Å². The van der Waals surface area contributed by atoms with Crippen molar-refractivity contribution in [2.24, 2.45) is 0 Å². The highest BCUT2D eigenvalue weighted by Gasteiger charge is 2.46. The summed E-state index contributed by atoms with van der Waals surface area (Å²) in [5, 5.41) is 5.95. The second-order valence-corrected chi connectivity index (χ2v) is 15.5. The molecule has 0 amide bonds. The molecule has 3 heterocycles. The Labute approximate surface area is 321 Å². The Morgan fingerprint density at radius 3 is 1.89 bits per heavy atom. The molecule has 0 atom stereocenters. The zero-order valence-electron chi connectivity index (χ0n) is 29.6. The third kappa shape index (κ3) is 4.26. The molecule has 3 nitrogen and oxygen atoms in total. The van der Waals surface area contributed by atoms with Gasteiger partial charge in [0.1, 0.15) is 16.0 Å². The third-order valence-corrected chi connectivity index (χ3v) is 12.7. The normalized spacial score (nSPS) is 13.2. The number of fused-ring (bicyclic) bond motifs is 10. The van der Waals surface area contributed by atoms with Gasteiger partial charge in [-0.3, -0.25) is 4.57 Å². The van der Waals surface area contributed by atoms with E-state index >= 15 is 0 Å². The summed E-state index contributed by atoms with van der Waals surface area (Å²) in [7, 11) is 0. The van der Waals surface area contributed by atoms with E-state index in [2.05, 4.69) is 193 Å². The fraction of sp³-hybridized carbons (Fsp3) is 0.0196. The van der Waals surface area contributed by atoms with Crippen molar-refractivity contribution in [2.45, 2.75) is 5.41 Å². The van der Waals surface area contributed by atoms with Crippen LogP contribution in [0.15, 0.2) is 188 Å². The average Bonchev–Trinajstić information content (AvgIpc) is 3.88. The number of aromatic nitrogens is 3. The summed E-state index contributed by atoms with van der Waals surface area (Å²) in [6, 6.07) is 68.4. The molecule has 4 heteroatoms. The van der Waals surface area contributed by atoms with Crippen LogP contribution in [0.1, 0.15) is 22.3 Å². The van der Waals surface area contributed by atoms with Crippen molar-refractivity contribution in [3.63, 3.8) is 0 Å². The average molecular weight is 718 g/mol. The van der Waals surface area contributed by atoms with Gasteiger partial charge >= 0.3 is 0 Å². The van der Waals surface area contributed by atoms with Gasteiger partial charge in [0.25, 0.3) is 0 Å². The molecule has 0 bridgehead atoms. The molecule has 0 fully saturated rings. The third-order valence-electron chi connectivity index (χ3n) is 11.7. The Bertz CT molecular complexity index is 3280. The predicted molar refractivity (Wildman–Crippen MR) is 230 cm³/mol. The van der Waals surface area contributed by atoms with E-state index in [4.69, 9.17) is 9.97 Å². The molecule has 0 aliphatic heterocycles. The summed E-state index contributed by atoms with van der Waals surface area (Å²) in [5.74, 6) is 0.834. The molecule has 256 valence electrons. The molecule has 0 saturated carbocycles. The Hall–Kier alpha value is -6.88. The Balaban J connectivity index is 1.21. The van der Waals surface area contributed by atoms with Gasteiger partial charge in [-0.1, -0.05) is 158 Å². The molecule has 3 aromatic heterocycles. The van der Waals surface area contributed by atoms with Gasteiger partial charge in [0.05, 0.1) is 16.4 Å². The van der Waals surface area contributed by atoms with E-state index in [-0.39, 0.29) is 0 Å². The standard InChI is InChI=1S/C51H31N3S/c1-3-17-35(18-4-1)51(36-19-5-2-6-20-36)42-24-12-9-21-37(42)38-28-27-34(30-43(38)51)47-49(53-50-48(52-47)40-23-11-14-26-46(40)55-50)54-44-25-13-10-22-39(44)41-29-32-15-7-8-16-33(32)31-45(41)54/h1-31H. The number of benzene rings is 8. The summed E-state index contributed by atoms with van der Waals surface area (Å²) in [5.41, 5.74) is 12.1. The van der Waals surface area contributed by atoms with E-state index in [1.165, 1.54) is 59.6 Å². The predicted octanol–water partition coefficient (Wildman–Crippen LogP) is 13.1. The highest BCUT2D eigenvalue weighted by atomic mass is 32.1. The number of hydrogen-bond donors (Lipinski definition) is 0. The maximum Gasteiger partial charge on any atom is 0.166 e. The quantitative estimate of drug-likeness (QED) is 0.181. The van der Waals surface area contributed by atoms with E-state index in [1.807, 2.05) is 0 Å². The lowest BCUT2D eigenvalue weighted by atomic mass is 9.67. The van der Waals surface area contributed by atoms with E-state index in [0.717, 1.165) is 43.8 Å². The molecule has 0 N–H and O–H groups in total. The Morgan fingerprint density at radius 1 is 0.455 bits per heavy atom. The Kier molecular flexibility index (Phi) is 6.42.